The molecule has 0 bridgehead atoms. The molecular weight excluding hydrogens is 200 g/mol. The number of carbonyl (C=O) groups is 1. The molecule has 2 aliphatic rings. The Morgan fingerprint density at radius 3 is 2.31 bits per heavy atom. The first-order valence-corrected chi connectivity index (χ1v) is 6.66. The second kappa shape index (κ2) is 4.02. The SMILES string of the molecule is CCC(CC)N1C(=O)C2(CC2)NC1C(C)C. The number of rotatable bonds is 4. The normalized spacial score (nSPS) is 27.5. The highest BCUT2D eigenvalue weighted by Gasteiger charge is 2.60. The monoisotopic (exact) mass is 224 g/mol. The Morgan fingerprint density at radius 2 is 1.94 bits per heavy atom. The summed E-state index contributed by atoms with van der Waals surface area (Å²) >= 11 is 0. The molecule has 1 N–H and O–H groups in total. The third kappa shape index (κ3) is 1.65. The maximum Gasteiger partial charge on any atom is 0.244 e. The third-order valence-electron chi connectivity index (χ3n) is 4.09. The molecule has 1 amide bonds. The van der Waals surface area contributed by atoms with Gasteiger partial charge in [0, 0.05) is 6.04 Å². The van der Waals surface area contributed by atoms with Crippen LogP contribution >= 0.6 is 0 Å². The molecule has 0 radical (unpaired) electrons. The van der Waals surface area contributed by atoms with Crippen molar-refractivity contribution in [1.29, 1.82) is 0 Å². The average Bonchev–Trinajstić information content (AvgIpc) is 2.97. The van der Waals surface area contributed by atoms with Crippen molar-refractivity contribution in [3.63, 3.8) is 0 Å². The predicted octanol–water partition coefficient (Wildman–Crippen LogP) is 2.12. The molecule has 2 rings (SSSR count). The van der Waals surface area contributed by atoms with Crippen molar-refractivity contribution in [1.82, 2.24) is 10.2 Å². The maximum atomic E-state index is 12.4. The van der Waals surface area contributed by atoms with Crippen molar-refractivity contribution in [2.45, 2.75) is 71.1 Å². The van der Waals surface area contributed by atoms with E-state index >= 15 is 0 Å². The van der Waals surface area contributed by atoms with Gasteiger partial charge in [-0.3, -0.25) is 10.1 Å². The molecule has 1 spiro atoms. The van der Waals surface area contributed by atoms with Crippen LogP contribution in [0.25, 0.3) is 0 Å². The van der Waals surface area contributed by atoms with Crippen LogP contribution in [-0.2, 0) is 4.79 Å². The van der Waals surface area contributed by atoms with Gasteiger partial charge >= 0.3 is 0 Å². The fourth-order valence-corrected chi connectivity index (χ4v) is 2.83. The summed E-state index contributed by atoms with van der Waals surface area (Å²) in [4.78, 5) is 14.6. The van der Waals surface area contributed by atoms with Gasteiger partial charge in [-0.1, -0.05) is 27.7 Å². The van der Waals surface area contributed by atoms with Crippen molar-refractivity contribution in [3.8, 4) is 0 Å². The Labute approximate surface area is 98.6 Å². The predicted molar refractivity (Wildman–Crippen MR) is 64.9 cm³/mol. The van der Waals surface area contributed by atoms with E-state index in [0.29, 0.717) is 17.9 Å². The minimum absolute atomic E-state index is 0.155. The zero-order chi connectivity index (χ0) is 11.9. The fourth-order valence-electron chi connectivity index (χ4n) is 2.83. The number of amides is 1. The summed E-state index contributed by atoms with van der Waals surface area (Å²) in [6.45, 7) is 8.75. The third-order valence-corrected chi connectivity index (χ3v) is 4.09. The molecule has 1 heterocycles. The van der Waals surface area contributed by atoms with Crippen LogP contribution in [-0.4, -0.2) is 28.6 Å². The lowest BCUT2D eigenvalue weighted by molar-refractivity contribution is -0.133. The van der Waals surface area contributed by atoms with E-state index in [9.17, 15) is 4.79 Å². The van der Waals surface area contributed by atoms with Crippen LogP contribution < -0.4 is 5.32 Å². The minimum atomic E-state index is -0.155. The molecule has 1 aliphatic carbocycles. The van der Waals surface area contributed by atoms with E-state index in [1.165, 1.54) is 0 Å². The first-order chi connectivity index (χ1) is 7.55. The first kappa shape index (κ1) is 11.9. The van der Waals surface area contributed by atoms with Gasteiger partial charge in [-0.05, 0) is 31.6 Å². The Hall–Kier alpha value is -0.570. The smallest absolute Gasteiger partial charge is 0.244 e. The molecule has 1 atom stereocenters. The fraction of sp³-hybridized carbons (Fsp3) is 0.923. The van der Waals surface area contributed by atoms with E-state index in [2.05, 4.69) is 37.9 Å². The summed E-state index contributed by atoms with van der Waals surface area (Å²) < 4.78 is 0. The average molecular weight is 224 g/mol. The van der Waals surface area contributed by atoms with Gasteiger partial charge in [0.15, 0.2) is 0 Å². The molecule has 2 fully saturated rings. The van der Waals surface area contributed by atoms with Crippen molar-refractivity contribution in [2.75, 3.05) is 0 Å². The Kier molecular flexibility index (Phi) is 2.99. The van der Waals surface area contributed by atoms with Crippen molar-refractivity contribution >= 4 is 5.91 Å². The highest BCUT2D eigenvalue weighted by atomic mass is 16.2. The highest BCUT2D eigenvalue weighted by molar-refractivity contribution is 5.92. The summed E-state index contributed by atoms with van der Waals surface area (Å²) in [7, 11) is 0. The summed E-state index contributed by atoms with van der Waals surface area (Å²) in [6.07, 6.45) is 4.43. The minimum Gasteiger partial charge on any atom is -0.322 e. The lowest BCUT2D eigenvalue weighted by Gasteiger charge is -2.33. The van der Waals surface area contributed by atoms with Crippen molar-refractivity contribution < 1.29 is 4.79 Å². The molecule has 1 aliphatic heterocycles. The Balaban J connectivity index is 2.21. The zero-order valence-electron chi connectivity index (χ0n) is 10.9. The largest absolute Gasteiger partial charge is 0.322 e. The molecule has 0 aromatic heterocycles. The molecule has 0 aromatic rings. The van der Waals surface area contributed by atoms with Crippen LogP contribution in [0.5, 0.6) is 0 Å². The summed E-state index contributed by atoms with van der Waals surface area (Å²) in [5, 5.41) is 3.57. The second-order valence-electron chi connectivity index (χ2n) is 5.60. The second-order valence-corrected chi connectivity index (χ2v) is 5.60. The number of hydrogen-bond donors (Lipinski definition) is 1. The standard InChI is InChI=1S/C13H24N2O/c1-5-10(6-2)15-11(9(3)4)14-13(7-8-13)12(15)16/h9-11,14H,5-8H2,1-4H3. The maximum absolute atomic E-state index is 12.4. The molecule has 1 saturated heterocycles. The van der Waals surface area contributed by atoms with E-state index in [1.54, 1.807) is 0 Å². The van der Waals surface area contributed by atoms with Crippen LogP contribution in [0.15, 0.2) is 0 Å². The van der Waals surface area contributed by atoms with Crippen LogP contribution in [0.4, 0.5) is 0 Å². The molecule has 92 valence electrons. The Bertz CT molecular complexity index is 280. The van der Waals surface area contributed by atoms with Gasteiger partial charge in [0.05, 0.1) is 11.7 Å². The molecular formula is C13H24N2O. The van der Waals surface area contributed by atoms with E-state index < -0.39 is 0 Å². The van der Waals surface area contributed by atoms with Crippen molar-refractivity contribution in [2.24, 2.45) is 5.92 Å². The summed E-state index contributed by atoms with van der Waals surface area (Å²) in [6, 6.07) is 0.410. The Morgan fingerprint density at radius 1 is 1.38 bits per heavy atom. The molecule has 1 saturated carbocycles. The number of nitrogens with zero attached hydrogens (tertiary/aromatic N) is 1. The summed E-state index contributed by atoms with van der Waals surface area (Å²) in [5.74, 6) is 0.851. The van der Waals surface area contributed by atoms with Crippen molar-refractivity contribution in [3.05, 3.63) is 0 Å². The van der Waals surface area contributed by atoms with Gasteiger partial charge < -0.3 is 4.90 Å². The number of nitrogens with one attached hydrogen (secondary N) is 1. The van der Waals surface area contributed by atoms with Gasteiger partial charge in [-0.15, -0.1) is 0 Å². The van der Waals surface area contributed by atoms with Gasteiger partial charge in [-0.2, -0.15) is 0 Å². The highest BCUT2D eigenvalue weighted by Crippen LogP contribution is 2.44. The quantitative estimate of drug-likeness (QED) is 0.793. The lowest BCUT2D eigenvalue weighted by Crippen LogP contribution is -2.46. The van der Waals surface area contributed by atoms with E-state index in [-0.39, 0.29) is 11.7 Å². The number of carbonyl (C=O) groups excluding carboxylic acids is 1. The van der Waals surface area contributed by atoms with Crippen LogP contribution in [0, 0.1) is 5.92 Å². The first-order valence-electron chi connectivity index (χ1n) is 6.66. The van der Waals surface area contributed by atoms with Gasteiger partial charge in [0.25, 0.3) is 0 Å². The van der Waals surface area contributed by atoms with Crippen LogP contribution in [0.1, 0.15) is 53.4 Å². The molecule has 3 nitrogen and oxygen atoms in total. The summed E-state index contributed by atoms with van der Waals surface area (Å²) in [5.41, 5.74) is -0.155. The van der Waals surface area contributed by atoms with Gasteiger partial charge in [-0.25, -0.2) is 0 Å². The van der Waals surface area contributed by atoms with E-state index in [0.717, 1.165) is 25.7 Å². The molecule has 0 aromatic carbocycles. The molecule has 1 unspecified atom stereocenters. The van der Waals surface area contributed by atoms with Gasteiger partial charge in [0.2, 0.25) is 5.91 Å². The van der Waals surface area contributed by atoms with E-state index in [4.69, 9.17) is 0 Å². The molecule has 16 heavy (non-hydrogen) atoms. The molecule has 3 heteroatoms. The zero-order valence-corrected chi connectivity index (χ0v) is 10.9. The topological polar surface area (TPSA) is 32.3 Å². The van der Waals surface area contributed by atoms with Gasteiger partial charge in [0.1, 0.15) is 0 Å². The lowest BCUT2D eigenvalue weighted by atomic mass is 10.1. The van der Waals surface area contributed by atoms with Crippen LogP contribution in [0.3, 0.4) is 0 Å². The van der Waals surface area contributed by atoms with E-state index in [1.807, 2.05) is 0 Å². The number of hydrogen-bond acceptors (Lipinski definition) is 2. The van der Waals surface area contributed by atoms with Crippen LogP contribution in [0.2, 0.25) is 0 Å².